The molecule has 0 bridgehead atoms. The molecule has 0 radical (unpaired) electrons. The van der Waals surface area contributed by atoms with Gasteiger partial charge in [-0.3, -0.25) is 4.79 Å². The number of furan rings is 1. The van der Waals surface area contributed by atoms with Gasteiger partial charge in [-0.25, -0.2) is 0 Å². The Morgan fingerprint density at radius 2 is 1.85 bits per heavy atom. The second-order valence-corrected chi connectivity index (χ2v) is 6.33. The molecule has 2 rings (SSSR count). The van der Waals surface area contributed by atoms with E-state index < -0.39 is 0 Å². The van der Waals surface area contributed by atoms with Crippen LogP contribution in [0.1, 0.15) is 50.4 Å². The molecule has 0 N–H and O–H groups in total. The Morgan fingerprint density at radius 1 is 1.04 bits per heavy atom. The topological polar surface area (TPSA) is 51.9 Å². The number of carbonyl (C=O) groups excluding carboxylic acids is 1. The van der Waals surface area contributed by atoms with E-state index >= 15 is 0 Å². The first-order valence-electron chi connectivity index (χ1n) is 9.19. The van der Waals surface area contributed by atoms with Crippen LogP contribution in [0.25, 0.3) is 0 Å². The maximum absolute atomic E-state index is 12.7. The second-order valence-electron chi connectivity index (χ2n) is 6.33. The predicted octanol–water partition coefficient (Wildman–Crippen LogP) is 4.80. The summed E-state index contributed by atoms with van der Waals surface area (Å²) in [5, 5.41) is 0. The van der Waals surface area contributed by atoms with Gasteiger partial charge in [0.25, 0.3) is 0 Å². The number of amides is 1. The molecule has 1 amide bonds. The highest BCUT2D eigenvalue weighted by molar-refractivity contribution is 5.76. The molecule has 142 valence electrons. The SMILES string of the molecule is CCCCCCC(=O)N(Cc1ccc(OC)c(OC)c1)Cc1ccco1. The third-order valence-electron chi connectivity index (χ3n) is 4.35. The van der Waals surface area contributed by atoms with Gasteiger partial charge in [0.1, 0.15) is 5.76 Å². The summed E-state index contributed by atoms with van der Waals surface area (Å²) >= 11 is 0. The zero-order valence-corrected chi connectivity index (χ0v) is 16.0. The van der Waals surface area contributed by atoms with Crippen molar-refractivity contribution < 1.29 is 18.7 Å². The zero-order valence-electron chi connectivity index (χ0n) is 16.0. The Morgan fingerprint density at radius 3 is 2.50 bits per heavy atom. The van der Waals surface area contributed by atoms with Crippen molar-refractivity contribution in [3.05, 3.63) is 47.9 Å². The molecule has 1 aromatic heterocycles. The molecule has 0 unspecified atom stereocenters. The molecule has 1 aromatic carbocycles. The summed E-state index contributed by atoms with van der Waals surface area (Å²) in [5.41, 5.74) is 0.996. The monoisotopic (exact) mass is 359 g/mol. The minimum Gasteiger partial charge on any atom is -0.493 e. The van der Waals surface area contributed by atoms with Gasteiger partial charge in [0.2, 0.25) is 5.91 Å². The summed E-state index contributed by atoms with van der Waals surface area (Å²) in [4.78, 5) is 14.6. The van der Waals surface area contributed by atoms with E-state index in [1.807, 2.05) is 35.2 Å². The van der Waals surface area contributed by atoms with Crippen molar-refractivity contribution in [1.82, 2.24) is 4.90 Å². The van der Waals surface area contributed by atoms with Crippen LogP contribution >= 0.6 is 0 Å². The van der Waals surface area contributed by atoms with Crippen molar-refractivity contribution in [1.29, 1.82) is 0 Å². The highest BCUT2D eigenvalue weighted by Crippen LogP contribution is 2.28. The van der Waals surface area contributed by atoms with Gasteiger partial charge in [-0.1, -0.05) is 32.3 Å². The van der Waals surface area contributed by atoms with E-state index in [9.17, 15) is 4.79 Å². The summed E-state index contributed by atoms with van der Waals surface area (Å²) in [5.74, 6) is 2.28. The van der Waals surface area contributed by atoms with Crippen LogP contribution in [0.3, 0.4) is 0 Å². The molecule has 0 atom stereocenters. The van der Waals surface area contributed by atoms with E-state index in [2.05, 4.69) is 6.92 Å². The molecule has 5 nitrogen and oxygen atoms in total. The van der Waals surface area contributed by atoms with Crippen molar-refractivity contribution in [3.63, 3.8) is 0 Å². The smallest absolute Gasteiger partial charge is 0.223 e. The van der Waals surface area contributed by atoms with E-state index in [1.165, 1.54) is 6.42 Å². The first kappa shape index (κ1) is 19.9. The Bertz CT molecular complexity index is 667. The van der Waals surface area contributed by atoms with Gasteiger partial charge < -0.3 is 18.8 Å². The zero-order chi connectivity index (χ0) is 18.8. The minimum absolute atomic E-state index is 0.146. The van der Waals surface area contributed by atoms with Crippen LogP contribution in [0, 0.1) is 0 Å². The summed E-state index contributed by atoms with van der Waals surface area (Å²) in [6.07, 6.45) is 6.54. The van der Waals surface area contributed by atoms with Crippen LogP contribution in [-0.4, -0.2) is 25.0 Å². The summed E-state index contributed by atoms with van der Waals surface area (Å²) in [6, 6.07) is 9.48. The van der Waals surface area contributed by atoms with E-state index in [1.54, 1.807) is 20.5 Å². The molecule has 0 spiro atoms. The number of benzene rings is 1. The number of rotatable bonds is 11. The summed E-state index contributed by atoms with van der Waals surface area (Å²) in [7, 11) is 3.22. The third kappa shape index (κ3) is 5.83. The average Bonchev–Trinajstić information content (AvgIpc) is 3.17. The molecule has 5 heteroatoms. The van der Waals surface area contributed by atoms with Crippen molar-refractivity contribution in [3.8, 4) is 11.5 Å². The van der Waals surface area contributed by atoms with E-state index in [0.717, 1.165) is 30.6 Å². The Hall–Kier alpha value is -2.43. The molecular formula is C21H29NO4. The lowest BCUT2D eigenvalue weighted by Gasteiger charge is -2.22. The Kier molecular flexibility index (Phi) is 8.06. The van der Waals surface area contributed by atoms with E-state index in [4.69, 9.17) is 13.9 Å². The second kappa shape index (κ2) is 10.5. The number of methoxy groups -OCH3 is 2. The lowest BCUT2D eigenvalue weighted by atomic mass is 10.1. The molecule has 0 aliphatic rings. The van der Waals surface area contributed by atoms with Crippen LogP contribution in [0.2, 0.25) is 0 Å². The Labute approximate surface area is 155 Å². The number of carbonyl (C=O) groups is 1. The molecule has 0 aliphatic carbocycles. The quantitative estimate of drug-likeness (QED) is 0.541. The number of hydrogen-bond acceptors (Lipinski definition) is 4. The van der Waals surface area contributed by atoms with E-state index in [0.29, 0.717) is 31.0 Å². The maximum atomic E-state index is 12.7. The third-order valence-corrected chi connectivity index (χ3v) is 4.35. The molecule has 0 saturated heterocycles. The summed E-state index contributed by atoms with van der Waals surface area (Å²) < 4.78 is 16.1. The largest absolute Gasteiger partial charge is 0.493 e. The lowest BCUT2D eigenvalue weighted by molar-refractivity contribution is -0.132. The van der Waals surface area contributed by atoms with Crippen LogP contribution in [0.4, 0.5) is 0 Å². The van der Waals surface area contributed by atoms with Crippen molar-refractivity contribution in [2.24, 2.45) is 0 Å². The molecule has 2 aromatic rings. The standard InChI is InChI=1S/C21H29NO4/c1-4-5-6-7-10-21(23)22(16-18-9-8-13-26-18)15-17-11-12-19(24-2)20(14-17)25-3/h8-9,11-14H,4-7,10,15-16H2,1-3H3. The van der Waals surface area contributed by atoms with Gasteiger partial charge in [0.15, 0.2) is 11.5 Å². The maximum Gasteiger partial charge on any atom is 0.223 e. The number of unbranched alkanes of at least 4 members (excludes halogenated alkanes) is 3. The fraction of sp³-hybridized carbons (Fsp3) is 0.476. The normalized spacial score (nSPS) is 10.6. The fourth-order valence-corrected chi connectivity index (χ4v) is 2.88. The highest BCUT2D eigenvalue weighted by atomic mass is 16.5. The first-order valence-corrected chi connectivity index (χ1v) is 9.19. The van der Waals surface area contributed by atoms with Gasteiger partial charge in [-0.15, -0.1) is 0 Å². The predicted molar refractivity (Wildman–Crippen MR) is 101 cm³/mol. The molecular weight excluding hydrogens is 330 g/mol. The van der Waals surface area contributed by atoms with Gasteiger partial charge in [0.05, 0.1) is 27.0 Å². The van der Waals surface area contributed by atoms with Crippen LogP contribution in [0.15, 0.2) is 41.0 Å². The first-order chi connectivity index (χ1) is 12.7. The number of ether oxygens (including phenoxy) is 2. The van der Waals surface area contributed by atoms with Crippen LogP contribution in [-0.2, 0) is 17.9 Å². The van der Waals surface area contributed by atoms with Gasteiger partial charge in [-0.05, 0) is 36.2 Å². The number of hydrogen-bond donors (Lipinski definition) is 0. The number of nitrogens with zero attached hydrogens (tertiary/aromatic N) is 1. The fourth-order valence-electron chi connectivity index (χ4n) is 2.88. The van der Waals surface area contributed by atoms with Crippen LogP contribution in [0.5, 0.6) is 11.5 Å². The lowest BCUT2D eigenvalue weighted by Crippen LogP contribution is -2.29. The molecule has 1 heterocycles. The molecule has 0 aliphatic heterocycles. The van der Waals surface area contributed by atoms with Crippen molar-refractivity contribution in [2.75, 3.05) is 14.2 Å². The van der Waals surface area contributed by atoms with Gasteiger partial charge in [0, 0.05) is 13.0 Å². The molecule has 26 heavy (non-hydrogen) atoms. The van der Waals surface area contributed by atoms with E-state index in [-0.39, 0.29) is 5.91 Å². The summed E-state index contributed by atoms with van der Waals surface area (Å²) in [6.45, 7) is 3.14. The minimum atomic E-state index is 0.146. The Balaban J connectivity index is 2.08. The average molecular weight is 359 g/mol. The molecule has 0 saturated carbocycles. The van der Waals surface area contributed by atoms with Gasteiger partial charge in [-0.2, -0.15) is 0 Å². The highest BCUT2D eigenvalue weighted by Gasteiger charge is 2.16. The van der Waals surface area contributed by atoms with Crippen molar-refractivity contribution >= 4 is 5.91 Å². The molecule has 0 fully saturated rings. The van der Waals surface area contributed by atoms with Crippen molar-refractivity contribution in [2.45, 2.75) is 52.1 Å². The van der Waals surface area contributed by atoms with Crippen LogP contribution < -0.4 is 9.47 Å². The van der Waals surface area contributed by atoms with Gasteiger partial charge >= 0.3 is 0 Å².